The van der Waals surface area contributed by atoms with Gasteiger partial charge in [0.05, 0.1) is 12.3 Å². The number of carboxylic acids is 1. The van der Waals surface area contributed by atoms with Crippen LogP contribution in [0.2, 0.25) is 0 Å². The molecule has 3 atom stereocenters. The van der Waals surface area contributed by atoms with E-state index in [-0.39, 0.29) is 23.3 Å². The lowest BCUT2D eigenvalue weighted by molar-refractivity contribution is -0.132. The maximum absolute atomic E-state index is 12.0. The van der Waals surface area contributed by atoms with Gasteiger partial charge in [0.25, 0.3) is 0 Å². The van der Waals surface area contributed by atoms with Crippen LogP contribution >= 0.6 is 8.03 Å². The van der Waals surface area contributed by atoms with Crippen molar-refractivity contribution in [1.29, 1.82) is 0 Å². The van der Waals surface area contributed by atoms with Gasteiger partial charge in [-0.15, -0.1) is 0 Å². The number of carboxylic acid groups (broad SMARTS) is 1. The Morgan fingerprint density at radius 3 is 2.53 bits per heavy atom. The van der Waals surface area contributed by atoms with Crippen molar-refractivity contribution in [2.45, 2.75) is 46.1 Å². The highest BCUT2D eigenvalue weighted by molar-refractivity contribution is 7.39. The van der Waals surface area contributed by atoms with E-state index in [1.54, 1.807) is 6.08 Å². The van der Waals surface area contributed by atoms with Crippen molar-refractivity contribution in [3.63, 3.8) is 0 Å². The third kappa shape index (κ3) is 4.19. The molecule has 2 rings (SSSR count). The number of rotatable bonds is 7. The average Bonchev–Trinajstić information content (AvgIpc) is 3.16. The Balaban J connectivity index is 1.84. The molecule has 0 aromatic heterocycles. The summed E-state index contributed by atoms with van der Waals surface area (Å²) in [4.78, 5) is 11.1. The van der Waals surface area contributed by atoms with Crippen LogP contribution in [0.3, 0.4) is 0 Å². The van der Waals surface area contributed by atoms with Gasteiger partial charge in [0, 0.05) is 5.57 Å². The normalized spacial score (nSPS) is 28.8. The second kappa shape index (κ2) is 5.41. The molecule has 2 aliphatic carbocycles. The average molecular weight is 286 g/mol. The molecule has 2 fully saturated rings. The molecule has 0 aromatic rings. The van der Waals surface area contributed by atoms with E-state index < -0.39 is 14.0 Å². The van der Waals surface area contributed by atoms with E-state index in [1.165, 1.54) is 0 Å². The van der Waals surface area contributed by atoms with E-state index in [0.29, 0.717) is 11.8 Å². The molecule has 0 aromatic carbocycles. The first-order chi connectivity index (χ1) is 8.79. The Hall–Kier alpha value is -0.600. The van der Waals surface area contributed by atoms with Crippen LogP contribution in [0.15, 0.2) is 11.6 Å². The summed E-state index contributed by atoms with van der Waals surface area (Å²) in [5.74, 6) is -0.143. The van der Waals surface area contributed by atoms with Gasteiger partial charge in [0.15, 0.2) is 8.03 Å². The Kier molecular flexibility index (Phi) is 4.22. The Bertz CT molecular complexity index is 423. The van der Waals surface area contributed by atoms with E-state index in [2.05, 4.69) is 13.8 Å². The topological polar surface area (TPSA) is 63.6 Å². The van der Waals surface area contributed by atoms with Gasteiger partial charge in [-0.25, -0.2) is 4.79 Å². The molecule has 0 spiro atoms. The fraction of sp³-hybridized carbons (Fsp3) is 0.786. The van der Waals surface area contributed by atoms with Crippen molar-refractivity contribution in [1.82, 2.24) is 0 Å². The lowest BCUT2D eigenvalue weighted by atomic mass is 10.1. The minimum atomic E-state index is -2.30. The maximum atomic E-state index is 12.0. The van der Waals surface area contributed by atoms with Crippen molar-refractivity contribution in [3.05, 3.63) is 11.6 Å². The zero-order valence-electron chi connectivity index (χ0n) is 11.8. The van der Waals surface area contributed by atoms with E-state index in [1.807, 2.05) is 6.92 Å². The second-order valence-corrected chi connectivity index (χ2v) is 7.84. The molecule has 0 saturated heterocycles. The molecule has 0 amide bonds. The third-order valence-electron chi connectivity index (χ3n) is 4.14. The predicted molar refractivity (Wildman–Crippen MR) is 74.7 cm³/mol. The van der Waals surface area contributed by atoms with Crippen LogP contribution in [0.5, 0.6) is 0 Å². The largest absolute Gasteiger partial charge is 0.478 e. The number of hydrogen-bond donors (Lipinski definition) is 1. The molecule has 0 bridgehead atoms. The van der Waals surface area contributed by atoms with E-state index in [0.717, 1.165) is 19.3 Å². The fourth-order valence-electron chi connectivity index (χ4n) is 2.55. The minimum absolute atomic E-state index is 0.0441. The first-order valence-electron chi connectivity index (χ1n) is 6.93. The van der Waals surface area contributed by atoms with Crippen LogP contribution in [0.4, 0.5) is 0 Å². The van der Waals surface area contributed by atoms with Crippen LogP contribution in [-0.2, 0) is 13.9 Å². The van der Waals surface area contributed by atoms with Gasteiger partial charge in [0.2, 0.25) is 0 Å². The van der Waals surface area contributed by atoms with Gasteiger partial charge in [-0.2, -0.15) is 0 Å². The number of allylic oxidation sites excluding steroid dienone is 1. The van der Waals surface area contributed by atoms with Gasteiger partial charge < -0.3 is 9.63 Å². The summed E-state index contributed by atoms with van der Waals surface area (Å²) >= 11 is 0. The summed E-state index contributed by atoms with van der Waals surface area (Å²) in [5, 5.41) is 9.09. The van der Waals surface area contributed by atoms with Gasteiger partial charge in [0.1, 0.15) is 0 Å². The number of carbonyl (C=O) groups is 1. The highest BCUT2D eigenvalue weighted by Crippen LogP contribution is 2.55. The first kappa shape index (κ1) is 14.8. The lowest BCUT2D eigenvalue weighted by Gasteiger charge is -2.14. The van der Waals surface area contributed by atoms with Gasteiger partial charge >= 0.3 is 5.97 Å². The first-order valence-corrected chi connectivity index (χ1v) is 8.45. The lowest BCUT2D eigenvalue weighted by Crippen LogP contribution is -2.12. The SMILES string of the molecule is CC(O[PH](=O)CC(=CC1CC1)C(=O)O)C1CC1(C)C. The van der Waals surface area contributed by atoms with E-state index >= 15 is 0 Å². The number of hydrogen-bond acceptors (Lipinski definition) is 3. The molecule has 0 aliphatic heterocycles. The molecule has 5 heteroatoms. The van der Waals surface area contributed by atoms with Crippen molar-refractivity contribution in [3.8, 4) is 0 Å². The molecular formula is C14H23O4P. The van der Waals surface area contributed by atoms with Gasteiger partial charge in [-0.1, -0.05) is 19.9 Å². The van der Waals surface area contributed by atoms with Crippen LogP contribution < -0.4 is 0 Å². The van der Waals surface area contributed by atoms with Crippen LogP contribution in [0.25, 0.3) is 0 Å². The maximum Gasteiger partial charge on any atom is 0.331 e. The molecule has 19 heavy (non-hydrogen) atoms. The summed E-state index contributed by atoms with van der Waals surface area (Å²) in [6, 6.07) is 0. The van der Waals surface area contributed by atoms with Crippen molar-refractivity contribution in [2.75, 3.05) is 6.16 Å². The van der Waals surface area contributed by atoms with Crippen LogP contribution in [0.1, 0.15) is 40.0 Å². The molecule has 3 unspecified atom stereocenters. The van der Waals surface area contributed by atoms with Crippen LogP contribution in [-0.4, -0.2) is 23.3 Å². The van der Waals surface area contributed by atoms with Crippen molar-refractivity contribution >= 4 is 14.0 Å². The summed E-state index contributed by atoms with van der Waals surface area (Å²) in [6.07, 6.45) is 4.95. The van der Waals surface area contributed by atoms with Gasteiger partial charge in [-0.05, 0) is 43.4 Å². The number of aliphatic carboxylic acids is 1. The Morgan fingerprint density at radius 1 is 1.53 bits per heavy atom. The smallest absolute Gasteiger partial charge is 0.331 e. The molecule has 2 saturated carbocycles. The summed E-state index contributed by atoms with van der Waals surface area (Å²) < 4.78 is 17.5. The van der Waals surface area contributed by atoms with Crippen LogP contribution in [0, 0.1) is 17.3 Å². The fourth-order valence-corrected chi connectivity index (χ4v) is 3.79. The van der Waals surface area contributed by atoms with Gasteiger partial charge in [-0.3, -0.25) is 4.57 Å². The van der Waals surface area contributed by atoms with Crippen molar-refractivity contribution in [2.24, 2.45) is 17.3 Å². The Morgan fingerprint density at radius 2 is 2.11 bits per heavy atom. The predicted octanol–water partition coefficient (Wildman–Crippen LogP) is 3.33. The molecule has 108 valence electrons. The summed E-state index contributed by atoms with van der Waals surface area (Å²) in [5.41, 5.74) is 0.537. The van der Waals surface area contributed by atoms with E-state index in [9.17, 15) is 9.36 Å². The minimum Gasteiger partial charge on any atom is -0.478 e. The monoisotopic (exact) mass is 286 g/mol. The molecule has 1 N–H and O–H groups in total. The molecule has 0 radical (unpaired) electrons. The molecule has 2 aliphatic rings. The third-order valence-corrected chi connectivity index (χ3v) is 5.45. The zero-order chi connectivity index (χ0) is 14.2. The second-order valence-electron chi connectivity index (χ2n) is 6.51. The van der Waals surface area contributed by atoms with E-state index in [4.69, 9.17) is 9.63 Å². The quantitative estimate of drug-likeness (QED) is 0.576. The van der Waals surface area contributed by atoms with Crippen molar-refractivity contribution < 1.29 is 19.0 Å². The standard InChI is InChI=1S/C14H23O4P/c1-9(12-7-14(12,2)3)18-19(17)8-11(13(15)16)6-10-4-5-10/h6,9-10,12,19H,4-5,7-8H2,1-3H3,(H,15,16). The Labute approximate surface area is 115 Å². The molecule has 0 heterocycles. The highest BCUT2D eigenvalue weighted by Gasteiger charge is 2.49. The summed E-state index contributed by atoms with van der Waals surface area (Å²) in [6.45, 7) is 6.28. The zero-order valence-corrected chi connectivity index (χ0v) is 12.8. The summed E-state index contributed by atoms with van der Waals surface area (Å²) in [7, 11) is -2.30. The molecular weight excluding hydrogens is 263 g/mol. The molecule has 4 nitrogen and oxygen atoms in total. The highest BCUT2D eigenvalue weighted by atomic mass is 31.1.